The minimum Gasteiger partial charge on any atom is -0.378 e. The molecule has 0 amide bonds. The van der Waals surface area contributed by atoms with Gasteiger partial charge in [0.05, 0.1) is 11.8 Å². The van der Waals surface area contributed by atoms with Gasteiger partial charge < -0.3 is 9.64 Å². The van der Waals surface area contributed by atoms with E-state index in [2.05, 4.69) is 10.3 Å². The molecular weight excluding hydrogens is 316 g/mol. The molecule has 2 aliphatic heterocycles. The summed E-state index contributed by atoms with van der Waals surface area (Å²) in [6.07, 6.45) is 4.06. The predicted molar refractivity (Wildman–Crippen MR) is 91.9 cm³/mol. The number of halogens is 1. The van der Waals surface area contributed by atoms with Crippen LogP contribution in [0.25, 0.3) is 11.3 Å². The molecule has 3 heterocycles. The van der Waals surface area contributed by atoms with Crippen molar-refractivity contribution in [3.8, 4) is 11.3 Å². The van der Waals surface area contributed by atoms with Crippen molar-refractivity contribution < 1.29 is 4.74 Å². The smallest absolute Gasteiger partial charge is 0.185 e. The number of hydrogen-bond donors (Lipinski definition) is 0. The first kappa shape index (κ1) is 14.5. The molecule has 2 saturated heterocycles. The van der Waals surface area contributed by atoms with Gasteiger partial charge in [0.1, 0.15) is 0 Å². The predicted octanol–water partition coefficient (Wildman–Crippen LogP) is 4.47. The zero-order valence-electron chi connectivity index (χ0n) is 12.4. The van der Waals surface area contributed by atoms with Crippen molar-refractivity contribution in [2.45, 2.75) is 25.4 Å². The second kappa shape index (κ2) is 6.19. The number of rotatable bonds is 2. The Morgan fingerprint density at radius 2 is 2.18 bits per heavy atom. The fraction of sp³-hybridized carbons (Fsp3) is 0.471. The number of thiazole rings is 1. The first-order valence-corrected chi connectivity index (χ1v) is 9.14. The lowest BCUT2D eigenvalue weighted by Crippen LogP contribution is -2.46. The number of aromatic nitrogens is 1. The van der Waals surface area contributed by atoms with E-state index in [4.69, 9.17) is 21.3 Å². The number of benzene rings is 1. The number of anilines is 1. The van der Waals surface area contributed by atoms with E-state index in [0.29, 0.717) is 12.0 Å². The maximum Gasteiger partial charge on any atom is 0.185 e. The molecule has 0 N–H and O–H groups in total. The second-order valence-electron chi connectivity index (χ2n) is 6.04. The van der Waals surface area contributed by atoms with Gasteiger partial charge in [0, 0.05) is 41.6 Å². The van der Waals surface area contributed by atoms with E-state index in [1.54, 1.807) is 11.3 Å². The molecule has 2 aromatic rings. The topological polar surface area (TPSA) is 25.4 Å². The van der Waals surface area contributed by atoms with Gasteiger partial charge in [-0.05, 0) is 25.3 Å². The van der Waals surface area contributed by atoms with Gasteiger partial charge in [-0.15, -0.1) is 11.3 Å². The van der Waals surface area contributed by atoms with Crippen LogP contribution in [-0.2, 0) is 4.74 Å². The van der Waals surface area contributed by atoms with E-state index < -0.39 is 0 Å². The number of nitrogens with zero attached hydrogens (tertiary/aromatic N) is 2. The first-order valence-electron chi connectivity index (χ1n) is 7.88. The molecule has 1 aromatic heterocycles. The lowest BCUT2D eigenvalue weighted by atomic mass is 9.89. The summed E-state index contributed by atoms with van der Waals surface area (Å²) in [4.78, 5) is 7.24. The summed E-state index contributed by atoms with van der Waals surface area (Å²) in [6.45, 7) is 3.05. The zero-order valence-corrected chi connectivity index (χ0v) is 13.9. The molecule has 2 fully saturated rings. The van der Waals surface area contributed by atoms with Gasteiger partial charge in [-0.3, -0.25) is 0 Å². The fourth-order valence-electron chi connectivity index (χ4n) is 3.46. The molecule has 0 bridgehead atoms. The summed E-state index contributed by atoms with van der Waals surface area (Å²) in [7, 11) is 0. The minimum absolute atomic E-state index is 0.466. The van der Waals surface area contributed by atoms with E-state index in [9.17, 15) is 0 Å². The number of hydrogen-bond acceptors (Lipinski definition) is 4. The third-order valence-electron chi connectivity index (χ3n) is 4.63. The van der Waals surface area contributed by atoms with Crippen molar-refractivity contribution in [3.63, 3.8) is 0 Å². The van der Waals surface area contributed by atoms with Crippen molar-refractivity contribution >= 4 is 28.1 Å². The maximum atomic E-state index is 6.28. The zero-order chi connectivity index (χ0) is 14.9. The summed E-state index contributed by atoms with van der Waals surface area (Å²) >= 11 is 7.99. The lowest BCUT2D eigenvalue weighted by molar-refractivity contribution is -0.0357. The van der Waals surface area contributed by atoms with Crippen molar-refractivity contribution in [1.29, 1.82) is 0 Å². The largest absolute Gasteiger partial charge is 0.378 e. The molecule has 116 valence electrons. The Hall–Kier alpha value is -1.10. The highest BCUT2D eigenvalue weighted by Gasteiger charge is 2.33. The Kier molecular flexibility index (Phi) is 4.07. The van der Waals surface area contributed by atoms with Crippen molar-refractivity contribution in [1.82, 2.24) is 4.98 Å². The molecule has 3 nitrogen and oxygen atoms in total. The average Bonchev–Trinajstić information content (AvgIpc) is 3.04. The van der Waals surface area contributed by atoms with Crippen LogP contribution in [0.5, 0.6) is 0 Å². The Labute approximate surface area is 139 Å². The van der Waals surface area contributed by atoms with Crippen LogP contribution in [0.1, 0.15) is 19.3 Å². The highest BCUT2D eigenvalue weighted by Crippen LogP contribution is 2.35. The summed E-state index contributed by atoms with van der Waals surface area (Å²) in [6, 6.07) is 7.90. The number of ether oxygens (including phenoxy) is 1. The van der Waals surface area contributed by atoms with Gasteiger partial charge in [-0.25, -0.2) is 4.98 Å². The minimum atomic E-state index is 0.466. The van der Waals surface area contributed by atoms with Gasteiger partial charge in [-0.2, -0.15) is 0 Å². The SMILES string of the molecule is Clc1ccccc1-c1csc(N2CCC3OCCCC3C2)n1. The molecule has 2 unspecified atom stereocenters. The van der Waals surface area contributed by atoms with Crippen LogP contribution < -0.4 is 4.90 Å². The molecule has 5 heteroatoms. The number of fused-ring (bicyclic) bond motifs is 1. The third kappa shape index (κ3) is 2.75. The van der Waals surface area contributed by atoms with E-state index in [1.807, 2.05) is 24.3 Å². The molecule has 1 aromatic carbocycles. The van der Waals surface area contributed by atoms with Gasteiger partial charge >= 0.3 is 0 Å². The molecule has 0 saturated carbocycles. The quantitative estimate of drug-likeness (QED) is 0.810. The van der Waals surface area contributed by atoms with E-state index in [-0.39, 0.29) is 0 Å². The van der Waals surface area contributed by atoms with E-state index in [0.717, 1.165) is 47.5 Å². The van der Waals surface area contributed by atoms with Crippen LogP contribution in [0.15, 0.2) is 29.6 Å². The lowest BCUT2D eigenvalue weighted by Gasteiger charge is -2.40. The fourth-order valence-corrected chi connectivity index (χ4v) is 4.56. The van der Waals surface area contributed by atoms with Crippen molar-refractivity contribution in [2.75, 3.05) is 24.6 Å². The Bertz CT molecular complexity index is 660. The second-order valence-corrected chi connectivity index (χ2v) is 7.29. The van der Waals surface area contributed by atoms with Crippen molar-refractivity contribution in [3.05, 3.63) is 34.7 Å². The van der Waals surface area contributed by atoms with Crippen LogP contribution in [0.3, 0.4) is 0 Å². The molecule has 2 aliphatic rings. The molecule has 22 heavy (non-hydrogen) atoms. The van der Waals surface area contributed by atoms with Gasteiger partial charge in [0.25, 0.3) is 0 Å². The molecule has 0 radical (unpaired) electrons. The summed E-state index contributed by atoms with van der Waals surface area (Å²) in [5.74, 6) is 0.662. The van der Waals surface area contributed by atoms with Crippen LogP contribution in [0.2, 0.25) is 5.02 Å². The van der Waals surface area contributed by atoms with Gasteiger partial charge in [-0.1, -0.05) is 29.8 Å². The highest BCUT2D eigenvalue weighted by atomic mass is 35.5. The number of piperidine rings is 1. The van der Waals surface area contributed by atoms with E-state index in [1.165, 1.54) is 12.8 Å². The van der Waals surface area contributed by atoms with Gasteiger partial charge in [0.2, 0.25) is 0 Å². The Balaban J connectivity index is 1.53. The Morgan fingerprint density at radius 1 is 1.27 bits per heavy atom. The molecule has 4 rings (SSSR count). The summed E-state index contributed by atoms with van der Waals surface area (Å²) in [5.41, 5.74) is 2.00. The molecule has 2 atom stereocenters. The third-order valence-corrected chi connectivity index (χ3v) is 5.86. The highest BCUT2D eigenvalue weighted by molar-refractivity contribution is 7.14. The van der Waals surface area contributed by atoms with E-state index >= 15 is 0 Å². The van der Waals surface area contributed by atoms with Crippen molar-refractivity contribution in [2.24, 2.45) is 5.92 Å². The molecular formula is C17H19ClN2OS. The Morgan fingerprint density at radius 3 is 3.09 bits per heavy atom. The van der Waals surface area contributed by atoms with Gasteiger partial charge in [0.15, 0.2) is 5.13 Å². The molecule has 0 spiro atoms. The average molecular weight is 335 g/mol. The van der Waals surface area contributed by atoms with Crippen LogP contribution in [0.4, 0.5) is 5.13 Å². The summed E-state index contributed by atoms with van der Waals surface area (Å²) < 4.78 is 5.90. The standard InChI is InChI=1S/C17H19ClN2OS/c18-14-6-2-1-5-13(14)15-11-22-17(19-15)20-8-7-16-12(10-20)4-3-9-21-16/h1-2,5-6,11-12,16H,3-4,7-10H2. The maximum absolute atomic E-state index is 6.28. The van der Waals surface area contributed by atoms with Crippen LogP contribution in [-0.4, -0.2) is 30.8 Å². The summed E-state index contributed by atoms with van der Waals surface area (Å²) in [5, 5.41) is 3.98. The monoisotopic (exact) mass is 334 g/mol. The molecule has 0 aliphatic carbocycles. The van der Waals surface area contributed by atoms with Crippen LogP contribution >= 0.6 is 22.9 Å². The normalized spacial score (nSPS) is 25.0. The first-order chi connectivity index (χ1) is 10.8. The van der Waals surface area contributed by atoms with Crippen LogP contribution in [0, 0.1) is 5.92 Å².